The van der Waals surface area contributed by atoms with E-state index >= 15 is 0 Å². The molecule has 2 aromatic carbocycles. The first-order valence-corrected chi connectivity index (χ1v) is 12.1. The van der Waals surface area contributed by atoms with Crippen LogP contribution in [0.3, 0.4) is 0 Å². The largest absolute Gasteiger partial charge is 0.337 e. The highest BCUT2D eigenvalue weighted by Crippen LogP contribution is 2.28. The van der Waals surface area contributed by atoms with E-state index in [1.165, 1.54) is 10.6 Å². The number of hydrogen-bond acceptors (Lipinski definition) is 4. The molecular weight excluding hydrogens is 412 g/mol. The molecule has 0 aliphatic carbocycles. The molecule has 3 aromatic rings. The van der Waals surface area contributed by atoms with Gasteiger partial charge in [-0.15, -0.1) is 0 Å². The SMILES string of the molecule is Cc1ccccc1-c1nn(-c2ccccc2)cc1C(=O)N1CCCN(S(C)(=O)=O)CC1. The number of sulfonamides is 1. The van der Waals surface area contributed by atoms with Crippen molar-refractivity contribution in [2.45, 2.75) is 13.3 Å². The van der Waals surface area contributed by atoms with Crippen LogP contribution in [-0.2, 0) is 10.0 Å². The molecule has 1 aliphatic rings. The first kappa shape index (κ1) is 21.3. The maximum Gasteiger partial charge on any atom is 0.257 e. The van der Waals surface area contributed by atoms with E-state index in [4.69, 9.17) is 5.10 Å². The predicted octanol–water partition coefficient (Wildman–Crippen LogP) is 2.96. The van der Waals surface area contributed by atoms with Crippen LogP contribution in [-0.4, -0.2) is 65.7 Å². The van der Waals surface area contributed by atoms with Crippen molar-refractivity contribution in [1.29, 1.82) is 0 Å². The lowest BCUT2D eigenvalue weighted by Crippen LogP contribution is -2.37. The molecular formula is C23H26N4O3S. The van der Waals surface area contributed by atoms with Gasteiger partial charge < -0.3 is 4.90 Å². The number of aryl methyl sites for hydroxylation is 1. The van der Waals surface area contributed by atoms with Crippen molar-refractivity contribution in [2.24, 2.45) is 0 Å². The third kappa shape index (κ3) is 4.55. The number of carbonyl (C=O) groups excluding carboxylic acids is 1. The quantitative estimate of drug-likeness (QED) is 0.628. The van der Waals surface area contributed by atoms with Crippen molar-refractivity contribution in [3.8, 4) is 16.9 Å². The molecule has 7 nitrogen and oxygen atoms in total. The summed E-state index contributed by atoms with van der Waals surface area (Å²) in [6.07, 6.45) is 3.59. The van der Waals surface area contributed by atoms with Crippen LogP contribution in [0.15, 0.2) is 60.8 Å². The summed E-state index contributed by atoms with van der Waals surface area (Å²) in [6.45, 7) is 3.60. The van der Waals surface area contributed by atoms with Crippen molar-refractivity contribution < 1.29 is 13.2 Å². The number of rotatable bonds is 4. The second kappa shape index (κ2) is 8.64. The second-order valence-electron chi connectivity index (χ2n) is 7.79. The van der Waals surface area contributed by atoms with Crippen LogP contribution in [0, 0.1) is 6.92 Å². The molecule has 0 N–H and O–H groups in total. The number of benzene rings is 2. The Balaban J connectivity index is 1.72. The maximum atomic E-state index is 13.6. The van der Waals surface area contributed by atoms with E-state index in [-0.39, 0.29) is 5.91 Å². The fourth-order valence-electron chi connectivity index (χ4n) is 3.88. The molecule has 162 valence electrons. The summed E-state index contributed by atoms with van der Waals surface area (Å²) < 4.78 is 27.0. The van der Waals surface area contributed by atoms with Gasteiger partial charge in [0.1, 0.15) is 5.69 Å². The monoisotopic (exact) mass is 438 g/mol. The third-order valence-corrected chi connectivity index (χ3v) is 6.88. The van der Waals surface area contributed by atoms with Gasteiger partial charge >= 0.3 is 0 Å². The smallest absolute Gasteiger partial charge is 0.257 e. The minimum Gasteiger partial charge on any atom is -0.337 e. The molecule has 1 aliphatic heterocycles. The van der Waals surface area contributed by atoms with Crippen LogP contribution in [0.25, 0.3) is 16.9 Å². The Morgan fingerprint density at radius 2 is 1.65 bits per heavy atom. The van der Waals surface area contributed by atoms with Gasteiger partial charge in [0.05, 0.1) is 17.5 Å². The lowest BCUT2D eigenvalue weighted by Gasteiger charge is -2.21. The normalized spacial score (nSPS) is 15.6. The Morgan fingerprint density at radius 3 is 2.35 bits per heavy atom. The number of aromatic nitrogens is 2. The molecule has 0 saturated carbocycles. The highest BCUT2D eigenvalue weighted by molar-refractivity contribution is 7.88. The number of amides is 1. The molecule has 1 fully saturated rings. The van der Waals surface area contributed by atoms with Crippen LogP contribution < -0.4 is 0 Å². The molecule has 0 radical (unpaired) electrons. The first-order chi connectivity index (χ1) is 14.8. The lowest BCUT2D eigenvalue weighted by atomic mass is 10.0. The number of carbonyl (C=O) groups is 1. The minimum atomic E-state index is -3.27. The van der Waals surface area contributed by atoms with Crippen LogP contribution in [0.2, 0.25) is 0 Å². The zero-order chi connectivity index (χ0) is 22.0. The average Bonchev–Trinajstić information content (AvgIpc) is 3.03. The minimum absolute atomic E-state index is 0.129. The van der Waals surface area contributed by atoms with Crippen molar-refractivity contribution in [3.05, 3.63) is 71.9 Å². The summed E-state index contributed by atoms with van der Waals surface area (Å²) in [7, 11) is -3.27. The van der Waals surface area contributed by atoms with Gasteiger partial charge in [0.25, 0.3) is 5.91 Å². The summed E-state index contributed by atoms with van der Waals surface area (Å²) in [4.78, 5) is 15.3. The molecule has 2 heterocycles. The van der Waals surface area contributed by atoms with Crippen molar-refractivity contribution in [2.75, 3.05) is 32.4 Å². The summed E-state index contributed by atoms with van der Waals surface area (Å²) in [5.41, 5.74) is 3.97. The van der Waals surface area contributed by atoms with Gasteiger partial charge in [0, 0.05) is 37.9 Å². The Bertz CT molecular complexity index is 1190. The predicted molar refractivity (Wildman–Crippen MR) is 121 cm³/mol. The van der Waals surface area contributed by atoms with Gasteiger partial charge in [-0.3, -0.25) is 4.79 Å². The molecule has 1 saturated heterocycles. The molecule has 0 bridgehead atoms. The standard InChI is InChI=1S/C23H26N4O3S/c1-18-9-6-7-12-20(18)22-21(17-27(24-22)19-10-4-3-5-11-19)23(28)25-13-8-14-26(16-15-25)31(2,29)30/h3-7,9-12,17H,8,13-16H2,1-2H3. The number of hydrogen-bond donors (Lipinski definition) is 0. The van der Waals surface area contributed by atoms with Crippen LogP contribution in [0.5, 0.6) is 0 Å². The summed E-state index contributed by atoms with van der Waals surface area (Å²) in [5.74, 6) is -0.129. The Kier molecular flexibility index (Phi) is 5.93. The topological polar surface area (TPSA) is 75.5 Å². The molecule has 0 unspecified atom stereocenters. The Morgan fingerprint density at radius 1 is 0.935 bits per heavy atom. The van der Waals surface area contributed by atoms with E-state index in [1.54, 1.807) is 15.8 Å². The van der Waals surface area contributed by atoms with Gasteiger partial charge in [-0.1, -0.05) is 42.5 Å². The number of nitrogens with zero attached hydrogens (tertiary/aromatic N) is 4. The van der Waals surface area contributed by atoms with E-state index in [0.29, 0.717) is 43.9 Å². The van der Waals surface area contributed by atoms with Crippen molar-refractivity contribution in [1.82, 2.24) is 19.0 Å². The maximum absolute atomic E-state index is 13.6. The van der Waals surface area contributed by atoms with Gasteiger partial charge in [-0.25, -0.2) is 17.4 Å². The molecule has 1 amide bonds. The van der Waals surface area contributed by atoms with Gasteiger partial charge in [0.2, 0.25) is 10.0 Å². The summed E-state index contributed by atoms with van der Waals surface area (Å²) >= 11 is 0. The van der Waals surface area contributed by atoms with Gasteiger partial charge in [0.15, 0.2) is 0 Å². The fraction of sp³-hybridized carbons (Fsp3) is 0.304. The van der Waals surface area contributed by atoms with Crippen molar-refractivity contribution >= 4 is 15.9 Å². The Hall–Kier alpha value is -2.97. The van der Waals surface area contributed by atoms with Crippen LogP contribution in [0.4, 0.5) is 0 Å². The van der Waals surface area contributed by atoms with E-state index in [9.17, 15) is 13.2 Å². The zero-order valence-electron chi connectivity index (χ0n) is 17.7. The molecule has 0 spiro atoms. The fourth-order valence-corrected chi connectivity index (χ4v) is 4.75. The van der Waals surface area contributed by atoms with E-state index in [0.717, 1.165) is 16.8 Å². The molecule has 0 atom stereocenters. The van der Waals surface area contributed by atoms with Crippen LogP contribution in [0.1, 0.15) is 22.3 Å². The first-order valence-electron chi connectivity index (χ1n) is 10.3. The van der Waals surface area contributed by atoms with Crippen LogP contribution >= 0.6 is 0 Å². The molecule has 1 aromatic heterocycles. The summed E-state index contributed by atoms with van der Waals surface area (Å²) in [5, 5.41) is 4.77. The van der Waals surface area contributed by atoms with E-state index < -0.39 is 10.0 Å². The molecule has 31 heavy (non-hydrogen) atoms. The zero-order valence-corrected chi connectivity index (χ0v) is 18.5. The molecule has 4 rings (SSSR count). The number of para-hydroxylation sites is 1. The highest BCUT2D eigenvalue weighted by atomic mass is 32.2. The van der Waals surface area contributed by atoms with E-state index in [1.807, 2.05) is 61.5 Å². The van der Waals surface area contributed by atoms with E-state index in [2.05, 4.69) is 0 Å². The average molecular weight is 439 g/mol. The second-order valence-corrected chi connectivity index (χ2v) is 9.78. The lowest BCUT2D eigenvalue weighted by molar-refractivity contribution is 0.0765. The van der Waals surface area contributed by atoms with Gasteiger partial charge in [-0.2, -0.15) is 5.10 Å². The van der Waals surface area contributed by atoms with Crippen molar-refractivity contribution in [3.63, 3.8) is 0 Å². The third-order valence-electron chi connectivity index (χ3n) is 5.58. The molecule has 8 heteroatoms. The Labute approximate surface area is 183 Å². The van der Waals surface area contributed by atoms with Gasteiger partial charge in [-0.05, 0) is 31.0 Å². The summed E-state index contributed by atoms with van der Waals surface area (Å²) in [6, 6.07) is 17.6. The highest BCUT2D eigenvalue weighted by Gasteiger charge is 2.28.